The van der Waals surface area contributed by atoms with Crippen LogP contribution in [0.25, 0.3) is 90.9 Å². The zero-order chi connectivity index (χ0) is 63.6. The third kappa shape index (κ3) is 16.0. The summed E-state index contributed by atoms with van der Waals surface area (Å²) in [5.74, 6) is 0.307. The SMILES string of the molecule is CC(C)(C)C(=O)Nc1ccccc1-c1c2nc(c(-c3ccccc3NC(=O)C(C)(C)C)c3ccc([n-]3)c(-c3ccccc3NC(=O)C(C)(C)C)c3nc(c(-c4ccccc4NC(=O)C(C)(C)C)c4ccc1[n-]4)C=C3)C=C2.CCO.Cc1ncc[nH]1.O=O.[Fe+2]. The molecule has 4 aromatic carbocycles. The summed E-state index contributed by atoms with van der Waals surface area (Å²) in [6, 6.07) is 38.3. The number of H-pyrrole nitrogens is 1. The molecule has 0 radical (unpaired) electrons. The molecule has 4 aromatic heterocycles. The van der Waals surface area contributed by atoms with Crippen molar-refractivity contribution in [3.8, 4) is 44.5 Å². The molecule has 0 saturated carbocycles. The van der Waals surface area contributed by atoms with Gasteiger partial charge in [0.15, 0.2) is 0 Å². The Balaban J connectivity index is 0.000000944. The maximum absolute atomic E-state index is 13.8. The zero-order valence-electron chi connectivity index (χ0n) is 52.2. The number of carbonyl (C=O) groups is 4. The van der Waals surface area contributed by atoms with E-state index < -0.39 is 21.7 Å². The molecule has 0 saturated heterocycles. The number of carbonyl (C=O) groups excluding carboxylic acids is 4. The first-order chi connectivity index (χ1) is 41.2. The van der Waals surface area contributed by atoms with Gasteiger partial charge in [0.05, 0.1) is 22.8 Å². The van der Waals surface area contributed by atoms with Crippen molar-refractivity contribution < 1.29 is 41.4 Å². The number of nitrogens with zero attached hydrogens (tertiary/aromatic N) is 5. The zero-order valence-corrected chi connectivity index (χ0v) is 53.3. The van der Waals surface area contributed by atoms with Crippen molar-refractivity contribution in [2.24, 2.45) is 21.7 Å². The number of amides is 4. The molecule has 2 aliphatic rings. The van der Waals surface area contributed by atoms with Crippen LogP contribution >= 0.6 is 0 Å². The molecule has 2 aliphatic heterocycles. The summed E-state index contributed by atoms with van der Waals surface area (Å²) in [5, 5.41) is 20.4. The number of nitrogens with one attached hydrogen (secondary N) is 5. The molecule has 0 aliphatic carbocycles. The summed E-state index contributed by atoms with van der Waals surface area (Å²) >= 11 is 0. The van der Waals surface area contributed by atoms with Crippen LogP contribution in [-0.2, 0) is 36.2 Å². The molecular weight excluding hydrogens is 1150 g/mol. The predicted molar refractivity (Wildman–Crippen MR) is 354 cm³/mol. The van der Waals surface area contributed by atoms with Crippen LogP contribution < -0.4 is 31.2 Å². The number of aliphatic hydroxyl groups is 1. The van der Waals surface area contributed by atoms with E-state index in [0.717, 1.165) is 5.82 Å². The average molecular weight is 1230 g/mol. The summed E-state index contributed by atoms with van der Waals surface area (Å²) in [7, 11) is 0. The largest absolute Gasteiger partial charge is 2.00 e. The molecule has 456 valence electrons. The van der Waals surface area contributed by atoms with Crippen molar-refractivity contribution in [2.75, 3.05) is 27.9 Å². The number of hydrogen-bond donors (Lipinski definition) is 6. The molecular formula is C70H76FeN10O7. The van der Waals surface area contributed by atoms with Gasteiger partial charge in [0.2, 0.25) is 23.6 Å². The smallest absolute Gasteiger partial charge is 0.657 e. The number of aromatic nitrogens is 6. The number of imidazole rings is 1. The first-order valence-electron chi connectivity index (χ1n) is 28.6. The molecule has 0 spiro atoms. The number of aliphatic hydroxyl groups excluding tert-OH is 1. The van der Waals surface area contributed by atoms with Gasteiger partial charge in [-0.15, -0.1) is 22.1 Å². The van der Waals surface area contributed by atoms with Gasteiger partial charge in [0.1, 0.15) is 5.82 Å². The number of benzene rings is 4. The molecule has 0 atom stereocenters. The Kier molecular flexibility index (Phi) is 21.9. The number of hydrogen-bond acceptors (Lipinski definition) is 10. The first-order valence-corrected chi connectivity index (χ1v) is 28.6. The number of para-hydroxylation sites is 4. The molecule has 17 nitrogen and oxygen atoms in total. The number of rotatable bonds is 8. The maximum Gasteiger partial charge on any atom is 2.00 e. The minimum absolute atomic E-state index is 0. The van der Waals surface area contributed by atoms with Gasteiger partial charge in [0, 0.05) is 95.6 Å². The van der Waals surface area contributed by atoms with E-state index in [9.17, 15) is 19.2 Å². The number of aryl methyl sites for hydroxylation is 1. The predicted octanol–water partition coefficient (Wildman–Crippen LogP) is 15.3. The van der Waals surface area contributed by atoms with Crippen molar-refractivity contribution in [3.05, 3.63) is 172 Å². The number of fused-ring (bicyclic) bond motifs is 8. The Morgan fingerprint density at radius 1 is 0.432 bits per heavy atom. The van der Waals surface area contributed by atoms with Crippen LogP contribution in [0.3, 0.4) is 0 Å². The third-order valence-corrected chi connectivity index (χ3v) is 13.7. The molecule has 8 bridgehead atoms. The second-order valence-electron chi connectivity index (χ2n) is 24.9. The van der Waals surface area contributed by atoms with Crippen molar-refractivity contribution in [1.82, 2.24) is 29.9 Å². The van der Waals surface area contributed by atoms with Crippen LogP contribution in [0, 0.1) is 38.5 Å². The number of anilines is 4. The maximum atomic E-state index is 13.8. The molecule has 6 N–H and O–H groups in total. The monoisotopic (exact) mass is 1220 g/mol. The van der Waals surface area contributed by atoms with Crippen molar-refractivity contribution in [1.29, 1.82) is 0 Å². The summed E-state index contributed by atoms with van der Waals surface area (Å²) in [4.78, 5) is 97.7. The van der Waals surface area contributed by atoms with Gasteiger partial charge in [-0.2, -0.15) is 0 Å². The summed E-state index contributed by atoms with van der Waals surface area (Å²) in [5.41, 5.74) is 9.34. The van der Waals surface area contributed by atoms with Crippen LogP contribution in [-0.4, -0.2) is 55.3 Å². The molecule has 4 amide bonds. The normalized spacial score (nSPS) is 11.7. The summed E-state index contributed by atoms with van der Waals surface area (Å²) in [6.07, 6.45) is 11.3. The molecule has 18 heteroatoms. The van der Waals surface area contributed by atoms with Gasteiger partial charge < -0.3 is 41.3 Å². The van der Waals surface area contributed by atoms with E-state index in [1.54, 1.807) is 19.3 Å². The fraction of sp³-hybridized carbons (Fsp3) is 0.271. The van der Waals surface area contributed by atoms with Crippen LogP contribution in [0.5, 0.6) is 0 Å². The van der Waals surface area contributed by atoms with E-state index in [4.69, 9.17) is 35.0 Å². The molecule has 0 unspecified atom stereocenters. The second-order valence-corrected chi connectivity index (χ2v) is 24.9. The van der Waals surface area contributed by atoms with Crippen LogP contribution in [0.1, 0.15) is 119 Å². The van der Waals surface area contributed by atoms with Gasteiger partial charge in [0.25, 0.3) is 0 Å². The molecule has 6 heterocycles. The second kappa shape index (κ2) is 28.4. The van der Waals surface area contributed by atoms with Gasteiger partial charge in [-0.1, -0.05) is 180 Å². The Bertz CT molecular complexity index is 3600. The summed E-state index contributed by atoms with van der Waals surface area (Å²) < 4.78 is 0. The van der Waals surface area contributed by atoms with E-state index in [1.165, 1.54) is 0 Å². The van der Waals surface area contributed by atoms with Crippen molar-refractivity contribution in [2.45, 2.75) is 96.9 Å². The third-order valence-electron chi connectivity index (χ3n) is 13.7. The first kappa shape index (κ1) is 67.8. The van der Waals surface area contributed by atoms with Gasteiger partial charge in [-0.25, -0.2) is 15.0 Å². The van der Waals surface area contributed by atoms with Crippen LogP contribution in [0.15, 0.2) is 134 Å². The number of aromatic amines is 1. The van der Waals surface area contributed by atoms with E-state index in [-0.39, 0.29) is 47.3 Å². The fourth-order valence-electron chi connectivity index (χ4n) is 9.02. The fourth-order valence-corrected chi connectivity index (χ4v) is 9.02. The Morgan fingerprint density at radius 2 is 0.659 bits per heavy atom. The topological polar surface area (TPSA) is 253 Å². The Hall–Kier alpha value is -9.35. The summed E-state index contributed by atoms with van der Waals surface area (Å²) in [6.45, 7) is 26.3. The van der Waals surface area contributed by atoms with Gasteiger partial charge in [-0.3, -0.25) is 19.2 Å². The van der Waals surface area contributed by atoms with Gasteiger partial charge >= 0.3 is 17.1 Å². The minimum Gasteiger partial charge on any atom is -0.657 e. The average Bonchev–Trinajstić information content (AvgIpc) is 1.87. The Morgan fingerprint density at radius 3 is 0.841 bits per heavy atom. The van der Waals surface area contributed by atoms with Crippen molar-refractivity contribution >= 4 is 92.7 Å². The van der Waals surface area contributed by atoms with Crippen LogP contribution in [0.2, 0.25) is 0 Å². The standard InChI is InChI=1S/C64H66N8O4.C4H6N2.C2H6O.Fe.O2/c1-61(2,3)57(73)69-41-25-17-13-21-37(41)53-45-29-31-47(65-45)54(38-22-14-18-26-42(38)70-58(74)62(4,5)6)49-33-35-51(67-49)56(40-24-16-20-28-44(40)72-60(76)64(10,11)12)52-36-34-50(68-52)55(48-32-30-46(53)66-48)39-23-15-19-27-43(39)71-59(75)63(7,8)9;1-4-5-2-3-6-4;1-2-3;;1-2/h13-36H,1-12H3,(H6,65,66,67,68,69,70,71,72,73,74,75,76);2-3H,1H3,(H,5,6);3H,2H2,1H3;;/q;;;+2;/p-2. The van der Waals surface area contributed by atoms with E-state index in [1.807, 2.05) is 236 Å². The molecule has 10 rings (SSSR count). The Labute approximate surface area is 524 Å². The minimum atomic E-state index is -0.703. The molecule has 0 fully saturated rings. The van der Waals surface area contributed by atoms with Gasteiger partial charge in [-0.05, 0) is 84.7 Å². The quantitative estimate of drug-likeness (QED) is 0.0777. The van der Waals surface area contributed by atoms with Crippen LogP contribution in [0.4, 0.5) is 22.7 Å². The van der Waals surface area contributed by atoms with E-state index in [2.05, 4.69) is 31.2 Å². The van der Waals surface area contributed by atoms with E-state index in [0.29, 0.717) is 112 Å². The van der Waals surface area contributed by atoms with Crippen molar-refractivity contribution in [3.63, 3.8) is 0 Å². The molecule has 8 aromatic rings. The van der Waals surface area contributed by atoms with E-state index >= 15 is 0 Å². The molecule has 88 heavy (non-hydrogen) atoms.